The molecule has 10 nitrogen and oxygen atoms in total. The predicted molar refractivity (Wildman–Crippen MR) is 148 cm³/mol. The lowest BCUT2D eigenvalue weighted by Crippen LogP contribution is -2.50. The van der Waals surface area contributed by atoms with Gasteiger partial charge in [-0.15, -0.1) is 11.3 Å². The molecule has 3 aliphatic heterocycles. The fraction of sp³-hybridized carbons (Fsp3) is 0.481. The van der Waals surface area contributed by atoms with Crippen molar-refractivity contribution in [3.8, 4) is 0 Å². The first-order valence-corrected chi connectivity index (χ1v) is 14.5. The monoisotopic (exact) mass is 663 g/mol. The van der Waals surface area contributed by atoms with Crippen LogP contribution in [0.5, 0.6) is 0 Å². The molecule has 0 aliphatic carbocycles. The first kappa shape index (κ1) is 32.2. The van der Waals surface area contributed by atoms with Crippen LogP contribution in [-0.2, 0) is 19.2 Å². The third-order valence-electron chi connectivity index (χ3n) is 7.96. The van der Waals surface area contributed by atoms with Crippen molar-refractivity contribution in [1.29, 1.82) is 0 Å². The van der Waals surface area contributed by atoms with Crippen molar-refractivity contribution in [2.24, 2.45) is 10.4 Å². The minimum absolute atomic E-state index is 0.0631. The van der Waals surface area contributed by atoms with Gasteiger partial charge < -0.3 is 15.2 Å². The number of alkyl halides is 3. The molecule has 2 saturated heterocycles. The minimum atomic E-state index is -3.43. The molecule has 238 valence electrons. The summed E-state index contributed by atoms with van der Waals surface area (Å²) in [6.07, 6.45) is -0.543. The zero-order chi connectivity index (χ0) is 32.1. The Morgan fingerprint density at radius 3 is 2.70 bits per heavy atom. The summed E-state index contributed by atoms with van der Waals surface area (Å²) in [6, 6.07) is -1.97. The highest BCUT2D eigenvalue weighted by molar-refractivity contribution is 7.11. The molecule has 4 atom stereocenters. The highest BCUT2D eigenvalue weighted by atomic mass is 35.5. The number of esters is 1. The SMILES string of the molecule is COC(=O)C1=C(CN2CC(F)(F)[C@@H]3[C@H]2CON3C[C@@H](F)C(C)(C)C(=O)O)NC(c2nccs2)=N[C@H]1c1ccc(F)c(F)c1Cl. The Morgan fingerprint density at radius 2 is 2.07 bits per heavy atom. The largest absolute Gasteiger partial charge is 0.481 e. The first-order valence-electron chi connectivity index (χ1n) is 13.3. The second-order valence-electron chi connectivity index (χ2n) is 11.1. The number of benzene rings is 1. The number of ether oxygens (including phenoxy) is 1. The molecule has 3 aliphatic rings. The van der Waals surface area contributed by atoms with E-state index in [9.17, 15) is 23.5 Å². The van der Waals surface area contributed by atoms with Crippen molar-refractivity contribution >= 4 is 40.7 Å². The number of methoxy groups -OCH3 is 1. The standard InChI is InChI=1S/C27H27ClF5N5O5S/c1-26(2,25(40)41)16(30)9-38-21-15(10-43-38)37(11-27(21,32)33)8-14-17(24(39)42-3)20(12-4-5-13(29)19(31)18(12)28)36-22(35-14)23-34-6-7-44-23/h4-7,15-16,20-21H,8-11H2,1-3H3,(H,35,36)(H,40,41)/t15-,16-,20+,21+/m1/s1. The molecular weight excluding hydrogens is 637 g/mol. The number of fused-ring (bicyclic) bond motifs is 1. The lowest BCUT2D eigenvalue weighted by atomic mass is 9.87. The number of hydroxylamine groups is 2. The number of hydrogen-bond acceptors (Lipinski definition) is 10. The van der Waals surface area contributed by atoms with E-state index < -0.39 is 77.3 Å². The quantitative estimate of drug-likeness (QED) is 0.234. The summed E-state index contributed by atoms with van der Waals surface area (Å²) in [7, 11) is 1.09. The van der Waals surface area contributed by atoms with E-state index in [0.717, 1.165) is 38.2 Å². The van der Waals surface area contributed by atoms with E-state index in [4.69, 9.17) is 21.2 Å². The van der Waals surface area contributed by atoms with Crippen LogP contribution in [0.15, 0.2) is 40.0 Å². The summed E-state index contributed by atoms with van der Waals surface area (Å²) in [5.74, 6) is -8.25. The third-order valence-corrected chi connectivity index (χ3v) is 9.13. The van der Waals surface area contributed by atoms with Gasteiger partial charge in [-0.05, 0) is 19.9 Å². The van der Waals surface area contributed by atoms with Gasteiger partial charge in [0, 0.05) is 29.4 Å². The van der Waals surface area contributed by atoms with Crippen LogP contribution in [0.3, 0.4) is 0 Å². The molecule has 44 heavy (non-hydrogen) atoms. The van der Waals surface area contributed by atoms with Gasteiger partial charge in [-0.1, -0.05) is 17.7 Å². The maximum Gasteiger partial charge on any atom is 0.338 e. The van der Waals surface area contributed by atoms with Crippen LogP contribution in [0.1, 0.15) is 30.5 Å². The fourth-order valence-electron chi connectivity index (χ4n) is 5.37. The lowest BCUT2D eigenvalue weighted by Gasteiger charge is -2.31. The van der Waals surface area contributed by atoms with Crippen LogP contribution in [-0.4, -0.2) is 95.4 Å². The van der Waals surface area contributed by atoms with E-state index in [1.54, 1.807) is 5.38 Å². The molecule has 2 aromatic rings. The van der Waals surface area contributed by atoms with Gasteiger partial charge in [0.15, 0.2) is 22.5 Å². The van der Waals surface area contributed by atoms with Gasteiger partial charge in [-0.2, -0.15) is 5.06 Å². The zero-order valence-corrected chi connectivity index (χ0v) is 25.1. The van der Waals surface area contributed by atoms with E-state index in [1.165, 1.54) is 22.4 Å². The maximum absolute atomic E-state index is 15.5. The number of amidine groups is 1. The van der Waals surface area contributed by atoms with E-state index in [1.807, 2.05) is 0 Å². The third kappa shape index (κ3) is 5.69. The molecule has 5 rings (SSSR count). The van der Waals surface area contributed by atoms with Crippen molar-refractivity contribution in [3.63, 3.8) is 0 Å². The second kappa shape index (κ2) is 12.0. The van der Waals surface area contributed by atoms with Gasteiger partial charge in [0.2, 0.25) is 0 Å². The van der Waals surface area contributed by atoms with Crippen molar-refractivity contribution in [1.82, 2.24) is 20.3 Å². The number of halogens is 6. The number of carboxylic acids is 1. The fourth-order valence-corrected chi connectivity index (χ4v) is 6.22. The first-order chi connectivity index (χ1) is 20.7. The van der Waals surface area contributed by atoms with Crippen LogP contribution >= 0.6 is 22.9 Å². The molecule has 0 unspecified atom stereocenters. The topological polar surface area (TPSA) is 117 Å². The summed E-state index contributed by atoms with van der Waals surface area (Å²) in [6.45, 7) is 0.184. The zero-order valence-electron chi connectivity index (χ0n) is 23.5. The number of nitrogens with zero attached hydrogens (tertiary/aromatic N) is 4. The Kier molecular flexibility index (Phi) is 8.76. The number of aliphatic carboxylic acids is 1. The van der Waals surface area contributed by atoms with Crippen molar-refractivity contribution in [2.75, 3.05) is 33.4 Å². The van der Waals surface area contributed by atoms with Crippen LogP contribution in [0.4, 0.5) is 22.0 Å². The molecule has 2 fully saturated rings. The Morgan fingerprint density at radius 1 is 1.34 bits per heavy atom. The molecule has 0 radical (unpaired) electrons. The maximum atomic E-state index is 15.5. The number of rotatable bonds is 9. The number of aliphatic imine (C=N–C) groups is 1. The molecule has 2 N–H and O–H groups in total. The predicted octanol–water partition coefficient (Wildman–Crippen LogP) is 3.98. The van der Waals surface area contributed by atoms with Gasteiger partial charge in [0.1, 0.15) is 18.3 Å². The number of carboxylic acid groups (broad SMARTS) is 1. The van der Waals surface area contributed by atoms with Gasteiger partial charge in [0.25, 0.3) is 5.92 Å². The van der Waals surface area contributed by atoms with Crippen molar-refractivity contribution < 1.29 is 46.2 Å². The molecule has 4 heterocycles. The van der Waals surface area contributed by atoms with Crippen molar-refractivity contribution in [3.05, 3.63) is 62.2 Å². The summed E-state index contributed by atoms with van der Waals surface area (Å²) >= 11 is 7.34. The van der Waals surface area contributed by atoms with Crippen LogP contribution in [0, 0.1) is 17.0 Å². The number of carbonyl (C=O) groups excluding carboxylic acids is 1. The number of likely N-dealkylation sites (tertiary alicyclic amines) is 1. The summed E-state index contributed by atoms with van der Waals surface area (Å²) < 4.78 is 79.5. The molecule has 17 heteroatoms. The average molecular weight is 664 g/mol. The average Bonchev–Trinajstić information content (AvgIpc) is 3.70. The molecule has 0 spiro atoms. The molecule has 1 aromatic heterocycles. The lowest BCUT2D eigenvalue weighted by molar-refractivity contribution is -0.196. The summed E-state index contributed by atoms with van der Waals surface area (Å²) in [5.41, 5.74) is -2.05. The molecule has 1 aromatic carbocycles. The number of thiazole rings is 1. The number of nitrogens with one attached hydrogen (secondary N) is 1. The van der Waals surface area contributed by atoms with E-state index in [-0.39, 0.29) is 35.8 Å². The molecule has 0 amide bonds. The normalized spacial score (nSPS) is 24.6. The molecule has 0 bridgehead atoms. The number of aromatic nitrogens is 1. The van der Waals surface area contributed by atoms with Gasteiger partial charge in [-0.3, -0.25) is 19.5 Å². The van der Waals surface area contributed by atoms with E-state index >= 15 is 13.2 Å². The Hall–Kier alpha value is -3.18. The Labute approximate surface area is 257 Å². The smallest absolute Gasteiger partial charge is 0.338 e. The molecular formula is C27H27ClF5N5O5S. The van der Waals surface area contributed by atoms with Gasteiger partial charge in [0.05, 0.1) is 48.9 Å². The van der Waals surface area contributed by atoms with E-state index in [0.29, 0.717) is 5.01 Å². The molecule has 0 saturated carbocycles. The van der Waals surface area contributed by atoms with E-state index in [2.05, 4.69) is 15.3 Å². The number of hydrogen-bond donors (Lipinski definition) is 2. The number of carbonyl (C=O) groups is 2. The second-order valence-corrected chi connectivity index (χ2v) is 12.3. The highest BCUT2D eigenvalue weighted by Gasteiger charge is 2.61. The van der Waals surface area contributed by atoms with Crippen LogP contribution < -0.4 is 5.32 Å². The van der Waals surface area contributed by atoms with Gasteiger partial charge >= 0.3 is 11.9 Å². The van der Waals surface area contributed by atoms with Crippen molar-refractivity contribution in [2.45, 2.75) is 44.1 Å². The summed E-state index contributed by atoms with van der Waals surface area (Å²) in [5, 5.41) is 14.5. The minimum Gasteiger partial charge on any atom is -0.481 e. The summed E-state index contributed by atoms with van der Waals surface area (Å²) in [4.78, 5) is 40.2. The highest BCUT2D eigenvalue weighted by Crippen LogP contribution is 2.43. The van der Waals surface area contributed by atoms with Crippen LogP contribution in [0.2, 0.25) is 5.02 Å². The Balaban J connectivity index is 1.51. The van der Waals surface area contributed by atoms with Crippen LogP contribution in [0.25, 0.3) is 0 Å². The van der Waals surface area contributed by atoms with Gasteiger partial charge in [-0.25, -0.2) is 31.7 Å². The Bertz CT molecular complexity index is 1520.